The molecule has 1 amide bonds. The third-order valence-electron chi connectivity index (χ3n) is 2.54. The molecule has 0 spiro atoms. The number of carbonyl (C=O) groups is 1. The summed E-state index contributed by atoms with van der Waals surface area (Å²) < 4.78 is 26.7. The van der Waals surface area contributed by atoms with E-state index in [-0.39, 0.29) is 16.1 Å². The minimum atomic E-state index is -3.83. The predicted molar refractivity (Wildman–Crippen MR) is 77.2 cm³/mol. The number of amides is 1. The van der Waals surface area contributed by atoms with Crippen LogP contribution < -0.4 is 10.5 Å². The second kappa shape index (κ2) is 5.52. The number of sulfonamides is 1. The van der Waals surface area contributed by atoms with E-state index in [1.807, 2.05) is 0 Å². The summed E-state index contributed by atoms with van der Waals surface area (Å²) in [5, 5.41) is 0.302. The van der Waals surface area contributed by atoms with E-state index < -0.39 is 15.9 Å². The van der Waals surface area contributed by atoms with Crippen molar-refractivity contribution >= 4 is 33.2 Å². The normalized spacial score (nSPS) is 11.1. The van der Waals surface area contributed by atoms with Crippen molar-refractivity contribution in [2.45, 2.75) is 4.90 Å². The first-order valence-corrected chi connectivity index (χ1v) is 7.43. The van der Waals surface area contributed by atoms with E-state index in [1.165, 1.54) is 30.3 Å². The molecule has 7 heteroatoms. The van der Waals surface area contributed by atoms with Gasteiger partial charge in [0.2, 0.25) is 0 Å². The molecule has 0 atom stereocenters. The van der Waals surface area contributed by atoms with Crippen LogP contribution in [0, 0.1) is 0 Å². The monoisotopic (exact) mass is 310 g/mol. The minimum absolute atomic E-state index is 0.00396. The SMILES string of the molecule is NC(=O)c1ccccc1NS(=O)(=O)c1cccc(Cl)c1. The summed E-state index contributed by atoms with van der Waals surface area (Å²) in [4.78, 5) is 11.3. The lowest BCUT2D eigenvalue weighted by Gasteiger charge is -2.10. The Kier molecular flexibility index (Phi) is 3.96. The summed E-state index contributed by atoms with van der Waals surface area (Å²) in [5.74, 6) is -0.714. The Hall–Kier alpha value is -2.05. The van der Waals surface area contributed by atoms with E-state index in [1.54, 1.807) is 18.2 Å². The number of primary amides is 1. The number of benzene rings is 2. The van der Waals surface area contributed by atoms with Crippen LogP contribution in [0.25, 0.3) is 0 Å². The Bertz CT molecular complexity index is 760. The van der Waals surface area contributed by atoms with Gasteiger partial charge in [0.25, 0.3) is 15.9 Å². The molecule has 0 aliphatic carbocycles. The fraction of sp³-hybridized carbons (Fsp3) is 0. The average molecular weight is 311 g/mol. The highest BCUT2D eigenvalue weighted by atomic mass is 35.5. The molecule has 20 heavy (non-hydrogen) atoms. The molecule has 0 aromatic heterocycles. The Labute approximate surface area is 121 Å². The molecule has 0 saturated heterocycles. The summed E-state index contributed by atoms with van der Waals surface area (Å²) in [6.45, 7) is 0. The van der Waals surface area contributed by atoms with E-state index in [0.717, 1.165) is 0 Å². The molecule has 2 aromatic carbocycles. The topological polar surface area (TPSA) is 89.3 Å². The van der Waals surface area contributed by atoms with Crippen LogP contribution in [0.2, 0.25) is 5.02 Å². The number of anilines is 1. The number of hydrogen-bond acceptors (Lipinski definition) is 3. The van der Waals surface area contributed by atoms with Crippen molar-refractivity contribution in [3.05, 3.63) is 59.1 Å². The molecule has 0 fully saturated rings. The van der Waals surface area contributed by atoms with Crippen LogP contribution in [0.1, 0.15) is 10.4 Å². The van der Waals surface area contributed by atoms with Gasteiger partial charge in [-0.2, -0.15) is 0 Å². The Morgan fingerprint density at radius 1 is 1.10 bits per heavy atom. The zero-order valence-electron chi connectivity index (χ0n) is 10.2. The molecular formula is C13H11ClN2O3S. The molecule has 0 aliphatic rings. The van der Waals surface area contributed by atoms with Gasteiger partial charge in [0.15, 0.2) is 0 Å². The van der Waals surface area contributed by atoms with Gasteiger partial charge in [0.1, 0.15) is 0 Å². The smallest absolute Gasteiger partial charge is 0.261 e. The Balaban J connectivity index is 2.41. The maximum Gasteiger partial charge on any atom is 0.261 e. The lowest BCUT2D eigenvalue weighted by atomic mass is 10.2. The Morgan fingerprint density at radius 2 is 1.80 bits per heavy atom. The molecule has 0 radical (unpaired) electrons. The lowest BCUT2D eigenvalue weighted by molar-refractivity contribution is 0.100. The first-order chi connectivity index (χ1) is 9.40. The number of para-hydroxylation sites is 1. The third-order valence-corrected chi connectivity index (χ3v) is 4.14. The number of halogens is 1. The van der Waals surface area contributed by atoms with E-state index >= 15 is 0 Å². The molecule has 0 aliphatic heterocycles. The quantitative estimate of drug-likeness (QED) is 0.907. The summed E-state index contributed by atoms with van der Waals surface area (Å²) in [6, 6.07) is 11.9. The highest BCUT2D eigenvalue weighted by Gasteiger charge is 2.17. The van der Waals surface area contributed by atoms with Crippen LogP contribution in [-0.2, 0) is 10.0 Å². The standard InChI is InChI=1S/C13H11ClN2O3S/c14-9-4-3-5-10(8-9)20(18,19)16-12-7-2-1-6-11(12)13(15)17/h1-8,16H,(H2,15,17). The van der Waals surface area contributed by atoms with Gasteiger partial charge >= 0.3 is 0 Å². The van der Waals surface area contributed by atoms with Crippen molar-refractivity contribution in [2.75, 3.05) is 4.72 Å². The molecule has 0 heterocycles. The largest absolute Gasteiger partial charge is 0.366 e. The summed E-state index contributed by atoms with van der Waals surface area (Å²) in [7, 11) is -3.83. The van der Waals surface area contributed by atoms with Gasteiger partial charge < -0.3 is 5.73 Å². The molecule has 3 N–H and O–H groups in total. The zero-order chi connectivity index (χ0) is 14.8. The third kappa shape index (κ3) is 3.09. The van der Waals surface area contributed by atoms with Gasteiger partial charge in [-0.05, 0) is 30.3 Å². The second-order valence-electron chi connectivity index (χ2n) is 3.97. The van der Waals surface area contributed by atoms with Gasteiger partial charge in [-0.25, -0.2) is 8.42 Å². The van der Waals surface area contributed by atoms with Crippen molar-refractivity contribution < 1.29 is 13.2 Å². The predicted octanol–water partition coefficient (Wildman–Crippen LogP) is 2.24. The number of nitrogens with one attached hydrogen (secondary N) is 1. The van der Waals surface area contributed by atoms with Gasteiger partial charge in [-0.3, -0.25) is 9.52 Å². The molecule has 2 aromatic rings. The van der Waals surface area contributed by atoms with E-state index in [2.05, 4.69) is 4.72 Å². The van der Waals surface area contributed by atoms with E-state index in [9.17, 15) is 13.2 Å². The molecule has 0 bridgehead atoms. The summed E-state index contributed by atoms with van der Waals surface area (Å²) in [6.07, 6.45) is 0. The number of rotatable bonds is 4. The molecule has 104 valence electrons. The lowest BCUT2D eigenvalue weighted by Crippen LogP contribution is -2.18. The maximum atomic E-state index is 12.2. The van der Waals surface area contributed by atoms with E-state index in [4.69, 9.17) is 17.3 Å². The van der Waals surface area contributed by atoms with Crippen molar-refractivity contribution in [1.82, 2.24) is 0 Å². The van der Waals surface area contributed by atoms with Crippen molar-refractivity contribution in [3.63, 3.8) is 0 Å². The van der Waals surface area contributed by atoms with Crippen molar-refractivity contribution in [3.8, 4) is 0 Å². The van der Waals surface area contributed by atoms with E-state index in [0.29, 0.717) is 5.02 Å². The highest BCUT2D eigenvalue weighted by molar-refractivity contribution is 7.92. The van der Waals surface area contributed by atoms with Crippen molar-refractivity contribution in [2.24, 2.45) is 5.73 Å². The van der Waals surface area contributed by atoms with Crippen LogP contribution >= 0.6 is 11.6 Å². The fourth-order valence-electron chi connectivity index (χ4n) is 1.62. The maximum absolute atomic E-state index is 12.2. The molecular weight excluding hydrogens is 300 g/mol. The van der Waals surface area contributed by atoms with Crippen LogP contribution in [0.4, 0.5) is 5.69 Å². The fourth-order valence-corrected chi connectivity index (χ4v) is 3.01. The molecule has 5 nitrogen and oxygen atoms in total. The van der Waals surface area contributed by atoms with Crippen molar-refractivity contribution in [1.29, 1.82) is 0 Å². The summed E-state index contributed by atoms with van der Waals surface area (Å²) >= 11 is 5.77. The van der Waals surface area contributed by atoms with Crippen LogP contribution in [0.15, 0.2) is 53.4 Å². The Morgan fingerprint density at radius 3 is 2.45 bits per heavy atom. The van der Waals surface area contributed by atoms with Crippen LogP contribution in [0.3, 0.4) is 0 Å². The number of hydrogen-bond donors (Lipinski definition) is 2. The highest BCUT2D eigenvalue weighted by Crippen LogP contribution is 2.21. The number of nitrogens with two attached hydrogens (primary N) is 1. The van der Waals surface area contributed by atoms with Gasteiger partial charge in [-0.1, -0.05) is 29.8 Å². The van der Waals surface area contributed by atoms with Crippen LogP contribution in [0.5, 0.6) is 0 Å². The zero-order valence-corrected chi connectivity index (χ0v) is 11.8. The average Bonchev–Trinajstić information content (AvgIpc) is 2.38. The molecule has 0 saturated carbocycles. The second-order valence-corrected chi connectivity index (χ2v) is 6.09. The minimum Gasteiger partial charge on any atom is -0.366 e. The first kappa shape index (κ1) is 14.4. The van der Waals surface area contributed by atoms with Gasteiger partial charge in [0.05, 0.1) is 16.1 Å². The number of carbonyl (C=O) groups excluding carboxylic acids is 1. The van der Waals surface area contributed by atoms with Crippen LogP contribution in [-0.4, -0.2) is 14.3 Å². The summed E-state index contributed by atoms with van der Waals surface area (Å²) in [5.41, 5.74) is 5.42. The molecule has 2 rings (SSSR count). The van der Waals surface area contributed by atoms with Gasteiger partial charge in [0, 0.05) is 5.02 Å². The first-order valence-electron chi connectivity index (χ1n) is 5.57. The molecule has 0 unspecified atom stereocenters. The van der Waals surface area contributed by atoms with Gasteiger partial charge in [-0.15, -0.1) is 0 Å².